The Balaban J connectivity index is 1.58. The lowest BCUT2D eigenvalue weighted by Gasteiger charge is -2.12. The minimum absolute atomic E-state index is 0.104. The molecule has 0 aliphatic carbocycles. The molecule has 1 aromatic heterocycles. The third-order valence-electron chi connectivity index (χ3n) is 5.44. The van der Waals surface area contributed by atoms with E-state index in [1.165, 1.54) is 21.8 Å². The van der Waals surface area contributed by atoms with Crippen molar-refractivity contribution in [3.05, 3.63) is 71.4 Å². The van der Waals surface area contributed by atoms with Gasteiger partial charge in [0.15, 0.2) is 6.61 Å². The summed E-state index contributed by atoms with van der Waals surface area (Å²) in [6.45, 7) is 9.11. The van der Waals surface area contributed by atoms with Crippen LogP contribution in [0.5, 0.6) is 5.75 Å². The number of carbonyl (C=O) groups is 1. The molecule has 0 spiro atoms. The zero-order valence-corrected chi connectivity index (χ0v) is 21.3. The molecule has 0 fully saturated rings. The molecule has 0 aliphatic heterocycles. The van der Waals surface area contributed by atoms with E-state index in [1.807, 2.05) is 32.0 Å². The lowest BCUT2D eigenvalue weighted by atomic mass is 10.1. The van der Waals surface area contributed by atoms with Crippen LogP contribution in [0.4, 0.5) is 0 Å². The molecule has 0 unspecified atom stereocenters. The number of esters is 1. The molecule has 7 heteroatoms. The topological polar surface area (TPSA) is 62.1 Å². The normalized spacial score (nSPS) is 11.4. The van der Waals surface area contributed by atoms with Crippen LogP contribution in [-0.4, -0.2) is 42.3 Å². The monoisotopic (exact) mass is 480 g/mol. The van der Waals surface area contributed by atoms with Crippen molar-refractivity contribution < 1.29 is 19.1 Å². The minimum Gasteiger partial charge on any atom is -0.482 e. The molecule has 2 aromatic carbocycles. The summed E-state index contributed by atoms with van der Waals surface area (Å²) in [7, 11) is 0. The second kappa shape index (κ2) is 12.3. The van der Waals surface area contributed by atoms with Crippen molar-refractivity contribution in [3.8, 4) is 17.0 Å². The molecule has 3 aromatic rings. The molecule has 0 saturated carbocycles. The van der Waals surface area contributed by atoms with Crippen LogP contribution in [0.2, 0.25) is 0 Å². The molecule has 0 saturated heterocycles. The molecule has 6 nitrogen and oxygen atoms in total. The average Bonchev–Trinajstić information content (AvgIpc) is 3.21. The number of rotatable bonds is 11. The van der Waals surface area contributed by atoms with Crippen LogP contribution in [0.15, 0.2) is 64.6 Å². The highest BCUT2D eigenvalue weighted by Crippen LogP contribution is 2.25. The van der Waals surface area contributed by atoms with E-state index < -0.39 is 0 Å². The fraction of sp³-hybridized carbons (Fsp3) is 0.333. The highest BCUT2D eigenvalue weighted by molar-refractivity contribution is 7.98. The quantitative estimate of drug-likeness (QED) is 0.113. The molecule has 0 atom stereocenters. The number of ether oxygens (including phenoxy) is 2. The van der Waals surface area contributed by atoms with Gasteiger partial charge in [-0.25, -0.2) is 4.79 Å². The Kier molecular flexibility index (Phi) is 9.22. The van der Waals surface area contributed by atoms with Crippen molar-refractivity contribution in [3.63, 3.8) is 0 Å². The zero-order chi connectivity index (χ0) is 24.5. The van der Waals surface area contributed by atoms with Gasteiger partial charge in [0, 0.05) is 16.3 Å². The number of thioether (sulfide) groups is 1. The van der Waals surface area contributed by atoms with Gasteiger partial charge in [0.05, 0.1) is 18.9 Å². The lowest BCUT2D eigenvalue weighted by molar-refractivity contribution is -0.145. The first-order valence-electron chi connectivity index (χ1n) is 11.3. The van der Waals surface area contributed by atoms with Gasteiger partial charge in [-0.1, -0.05) is 17.3 Å². The maximum Gasteiger partial charge on any atom is 0.344 e. The second-order valence-electron chi connectivity index (χ2n) is 7.82. The number of carbonyl (C=O) groups excluding carboxylic acids is 1. The van der Waals surface area contributed by atoms with E-state index in [0.717, 1.165) is 16.8 Å². The number of nitrogens with zero attached hydrogens (tertiary/aromatic N) is 2. The summed E-state index contributed by atoms with van der Waals surface area (Å²) in [5.74, 6) is 0.266. The fourth-order valence-electron chi connectivity index (χ4n) is 3.58. The highest BCUT2D eigenvalue weighted by Gasteiger charge is 2.09. The Bertz CT molecular complexity index is 1140. The van der Waals surface area contributed by atoms with Gasteiger partial charge in [-0.3, -0.25) is 0 Å². The third-order valence-corrected chi connectivity index (χ3v) is 6.18. The summed E-state index contributed by atoms with van der Waals surface area (Å²) in [4.78, 5) is 18.4. The standard InChI is InChI=1S/C27H32N2O4S/c1-6-31-27(30)18-32-26-14-10-23(17-19(26)2)21(4)28-33-16-15-29-20(3)7-13-25(29)22-8-11-24(34-5)12-9-22/h7-14,17H,6,15-16,18H2,1-5H3/b28-21+. The minimum atomic E-state index is -0.379. The second-order valence-corrected chi connectivity index (χ2v) is 8.70. The van der Waals surface area contributed by atoms with Gasteiger partial charge in [-0.15, -0.1) is 11.8 Å². The van der Waals surface area contributed by atoms with Gasteiger partial charge in [-0.05, 0) is 93.1 Å². The molecule has 0 amide bonds. The van der Waals surface area contributed by atoms with Crippen LogP contribution in [0.3, 0.4) is 0 Å². The summed E-state index contributed by atoms with van der Waals surface area (Å²) in [6.07, 6.45) is 2.08. The van der Waals surface area contributed by atoms with Crippen molar-refractivity contribution in [1.29, 1.82) is 0 Å². The Morgan fingerprint density at radius 3 is 2.50 bits per heavy atom. The zero-order valence-electron chi connectivity index (χ0n) is 20.5. The van der Waals surface area contributed by atoms with Crippen LogP contribution in [0, 0.1) is 13.8 Å². The Morgan fingerprint density at radius 1 is 1.06 bits per heavy atom. The molecule has 3 rings (SSSR count). The van der Waals surface area contributed by atoms with E-state index in [9.17, 15) is 4.79 Å². The largest absolute Gasteiger partial charge is 0.482 e. The average molecular weight is 481 g/mol. The van der Waals surface area contributed by atoms with Gasteiger partial charge in [0.2, 0.25) is 0 Å². The highest BCUT2D eigenvalue weighted by atomic mass is 32.2. The molecule has 0 radical (unpaired) electrons. The summed E-state index contributed by atoms with van der Waals surface area (Å²) in [6, 6.07) is 18.6. The van der Waals surface area contributed by atoms with Gasteiger partial charge < -0.3 is 18.9 Å². The molecule has 180 valence electrons. The summed E-state index contributed by atoms with van der Waals surface area (Å²) >= 11 is 1.74. The SMILES string of the molecule is CCOC(=O)COc1ccc(/C(C)=N/OCCn2c(C)ccc2-c2ccc(SC)cc2)cc1C. The molecular formula is C27H32N2O4S. The first-order chi connectivity index (χ1) is 16.4. The van der Waals surface area contributed by atoms with E-state index >= 15 is 0 Å². The Hall–Kier alpha value is -3.19. The Morgan fingerprint density at radius 2 is 1.82 bits per heavy atom. The van der Waals surface area contributed by atoms with E-state index in [-0.39, 0.29) is 12.6 Å². The first-order valence-corrected chi connectivity index (χ1v) is 12.5. The molecule has 0 aliphatic rings. The van der Waals surface area contributed by atoms with Crippen LogP contribution in [-0.2, 0) is 20.9 Å². The lowest BCUT2D eigenvalue weighted by Crippen LogP contribution is -2.15. The van der Waals surface area contributed by atoms with Gasteiger partial charge in [0.1, 0.15) is 12.4 Å². The van der Waals surface area contributed by atoms with Gasteiger partial charge in [0.25, 0.3) is 0 Å². The van der Waals surface area contributed by atoms with Gasteiger partial charge in [-0.2, -0.15) is 0 Å². The van der Waals surface area contributed by atoms with E-state index in [1.54, 1.807) is 18.7 Å². The Labute approximate surface area is 205 Å². The maximum atomic E-state index is 11.5. The number of hydrogen-bond acceptors (Lipinski definition) is 6. The van der Waals surface area contributed by atoms with Gasteiger partial charge >= 0.3 is 5.97 Å². The third kappa shape index (κ3) is 6.67. The summed E-state index contributed by atoms with van der Waals surface area (Å²) < 4.78 is 12.7. The number of oxime groups is 1. The van der Waals surface area contributed by atoms with Crippen molar-refractivity contribution in [2.45, 2.75) is 39.1 Å². The smallest absolute Gasteiger partial charge is 0.344 e. The molecule has 1 heterocycles. The van der Waals surface area contributed by atoms with Crippen LogP contribution in [0.25, 0.3) is 11.3 Å². The van der Waals surface area contributed by atoms with Crippen molar-refractivity contribution in [1.82, 2.24) is 4.57 Å². The number of aryl methyl sites for hydroxylation is 2. The number of hydrogen-bond donors (Lipinski definition) is 0. The predicted molar refractivity (Wildman–Crippen MR) is 138 cm³/mol. The summed E-state index contributed by atoms with van der Waals surface area (Å²) in [5, 5.41) is 4.30. The fourth-order valence-corrected chi connectivity index (χ4v) is 3.99. The van der Waals surface area contributed by atoms with Crippen molar-refractivity contribution in [2.75, 3.05) is 26.1 Å². The molecule has 0 bridgehead atoms. The van der Waals surface area contributed by atoms with Crippen molar-refractivity contribution in [2.24, 2.45) is 5.16 Å². The van der Waals surface area contributed by atoms with Crippen LogP contribution >= 0.6 is 11.8 Å². The van der Waals surface area contributed by atoms with Crippen LogP contribution in [0.1, 0.15) is 30.7 Å². The number of benzene rings is 2. The molecule has 34 heavy (non-hydrogen) atoms. The van der Waals surface area contributed by atoms with Crippen LogP contribution < -0.4 is 4.74 Å². The molecular weight excluding hydrogens is 448 g/mol. The summed E-state index contributed by atoms with van der Waals surface area (Å²) in [5.41, 5.74) is 6.17. The number of aromatic nitrogens is 1. The first kappa shape index (κ1) is 25.4. The maximum absolute atomic E-state index is 11.5. The molecule has 0 N–H and O–H groups in total. The van der Waals surface area contributed by atoms with E-state index in [4.69, 9.17) is 14.3 Å². The van der Waals surface area contributed by atoms with Crippen molar-refractivity contribution >= 4 is 23.4 Å². The predicted octanol–water partition coefficient (Wildman–Crippen LogP) is 5.88. The van der Waals surface area contributed by atoms with E-state index in [2.05, 4.69) is 59.3 Å². The van der Waals surface area contributed by atoms with E-state index in [0.29, 0.717) is 25.5 Å².